The van der Waals surface area contributed by atoms with Crippen LogP contribution in [0.25, 0.3) is 10.8 Å². The average molecular weight is 346 g/mol. The average Bonchev–Trinajstić information content (AvgIpc) is 3.19. The van der Waals surface area contributed by atoms with Gasteiger partial charge in [-0.3, -0.25) is 0 Å². The van der Waals surface area contributed by atoms with Crippen molar-refractivity contribution in [2.75, 3.05) is 6.61 Å². The standard InChI is InChI=1S/C17H18N2O4S/c1-11-5-6-12(2)14(8-11)22-10-13(20)9-19-17(21)23-16(18-19)15-4-3-7-24-15/h3-8,13,20H,9-10H2,1-2H3. The van der Waals surface area contributed by atoms with Gasteiger partial charge in [-0.15, -0.1) is 16.4 Å². The van der Waals surface area contributed by atoms with E-state index < -0.39 is 11.9 Å². The predicted molar refractivity (Wildman–Crippen MR) is 91.5 cm³/mol. The molecule has 126 valence electrons. The Balaban J connectivity index is 1.64. The number of hydrogen-bond donors (Lipinski definition) is 1. The summed E-state index contributed by atoms with van der Waals surface area (Å²) in [6.07, 6.45) is -0.871. The van der Waals surface area contributed by atoms with Crippen LogP contribution in [0.4, 0.5) is 0 Å². The van der Waals surface area contributed by atoms with Crippen LogP contribution in [0, 0.1) is 13.8 Å². The van der Waals surface area contributed by atoms with E-state index in [-0.39, 0.29) is 19.0 Å². The highest BCUT2D eigenvalue weighted by atomic mass is 32.1. The number of aliphatic hydroxyl groups is 1. The molecule has 0 saturated heterocycles. The number of aromatic nitrogens is 2. The lowest BCUT2D eigenvalue weighted by atomic mass is 10.1. The monoisotopic (exact) mass is 346 g/mol. The van der Waals surface area contributed by atoms with Crippen LogP contribution in [0.1, 0.15) is 11.1 Å². The van der Waals surface area contributed by atoms with Crippen molar-refractivity contribution in [3.63, 3.8) is 0 Å². The molecule has 7 heteroatoms. The van der Waals surface area contributed by atoms with Crippen LogP contribution in [0.2, 0.25) is 0 Å². The van der Waals surface area contributed by atoms with Crippen molar-refractivity contribution in [3.05, 3.63) is 57.4 Å². The Labute approximate surface area is 142 Å². The Kier molecular flexibility index (Phi) is 4.82. The van der Waals surface area contributed by atoms with Crippen LogP contribution < -0.4 is 10.5 Å². The van der Waals surface area contributed by atoms with E-state index in [0.29, 0.717) is 0 Å². The van der Waals surface area contributed by atoms with E-state index in [1.54, 1.807) is 0 Å². The molecule has 0 spiro atoms. The Hall–Kier alpha value is -2.38. The molecule has 0 radical (unpaired) electrons. The Morgan fingerprint density at radius 3 is 2.96 bits per heavy atom. The number of aliphatic hydroxyl groups excluding tert-OH is 1. The molecule has 6 nitrogen and oxygen atoms in total. The number of aryl methyl sites for hydroxylation is 2. The second kappa shape index (κ2) is 7.02. The van der Waals surface area contributed by atoms with Gasteiger partial charge in [-0.1, -0.05) is 18.2 Å². The second-order valence-electron chi connectivity index (χ2n) is 5.57. The maximum atomic E-state index is 11.8. The third-order valence-electron chi connectivity index (χ3n) is 3.50. The lowest BCUT2D eigenvalue weighted by Crippen LogP contribution is -2.29. The van der Waals surface area contributed by atoms with E-state index in [2.05, 4.69) is 5.10 Å². The molecule has 0 aliphatic carbocycles. The summed E-state index contributed by atoms with van der Waals surface area (Å²) in [7, 11) is 0. The zero-order valence-electron chi connectivity index (χ0n) is 13.4. The Morgan fingerprint density at radius 2 is 2.21 bits per heavy atom. The minimum absolute atomic E-state index is 0.0125. The van der Waals surface area contributed by atoms with Crippen molar-refractivity contribution in [1.29, 1.82) is 0 Å². The lowest BCUT2D eigenvalue weighted by molar-refractivity contribution is 0.0872. The highest BCUT2D eigenvalue weighted by Gasteiger charge is 2.15. The van der Waals surface area contributed by atoms with Crippen LogP contribution in [0.15, 0.2) is 44.9 Å². The molecule has 2 aromatic heterocycles. The first-order chi connectivity index (χ1) is 11.5. The first kappa shape index (κ1) is 16.5. The zero-order valence-corrected chi connectivity index (χ0v) is 14.2. The van der Waals surface area contributed by atoms with Crippen molar-refractivity contribution in [2.24, 2.45) is 0 Å². The van der Waals surface area contributed by atoms with Crippen molar-refractivity contribution < 1.29 is 14.3 Å². The number of hydrogen-bond acceptors (Lipinski definition) is 6. The van der Waals surface area contributed by atoms with Gasteiger partial charge in [-0.25, -0.2) is 4.79 Å². The lowest BCUT2D eigenvalue weighted by Gasteiger charge is -2.13. The predicted octanol–water partition coefficient (Wildman–Crippen LogP) is 2.62. The molecular weight excluding hydrogens is 328 g/mol. The molecule has 0 saturated carbocycles. The van der Waals surface area contributed by atoms with Crippen LogP contribution in [0.5, 0.6) is 5.75 Å². The molecule has 1 N–H and O–H groups in total. The highest BCUT2D eigenvalue weighted by molar-refractivity contribution is 7.13. The summed E-state index contributed by atoms with van der Waals surface area (Å²) in [5.41, 5.74) is 2.07. The van der Waals surface area contributed by atoms with Crippen molar-refractivity contribution in [3.8, 4) is 16.5 Å². The number of nitrogens with zero attached hydrogens (tertiary/aromatic N) is 2. The van der Waals surface area contributed by atoms with Gasteiger partial charge >= 0.3 is 5.76 Å². The maximum Gasteiger partial charge on any atom is 0.437 e. The number of benzene rings is 1. The summed E-state index contributed by atoms with van der Waals surface area (Å²) in [5, 5.41) is 16.1. The summed E-state index contributed by atoms with van der Waals surface area (Å²) in [6.45, 7) is 4.00. The normalized spacial score (nSPS) is 12.3. The van der Waals surface area contributed by atoms with Gasteiger partial charge in [0.25, 0.3) is 5.89 Å². The first-order valence-corrected chi connectivity index (χ1v) is 8.41. The summed E-state index contributed by atoms with van der Waals surface area (Å²) >= 11 is 1.43. The van der Waals surface area contributed by atoms with E-state index in [1.807, 2.05) is 49.6 Å². The second-order valence-corrected chi connectivity index (χ2v) is 6.51. The minimum Gasteiger partial charge on any atom is -0.491 e. The largest absolute Gasteiger partial charge is 0.491 e. The fourth-order valence-corrected chi connectivity index (χ4v) is 2.87. The molecule has 0 fully saturated rings. The van der Waals surface area contributed by atoms with Gasteiger partial charge in [0, 0.05) is 0 Å². The molecule has 24 heavy (non-hydrogen) atoms. The van der Waals surface area contributed by atoms with E-state index in [0.717, 1.165) is 26.4 Å². The first-order valence-electron chi connectivity index (χ1n) is 7.53. The fourth-order valence-electron chi connectivity index (χ4n) is 2.22. The third-order valence-corrected chi connectivity index (χ3v) is 4.35. The topological polar surface area (TPSA) is 77.5 Å². The summed E-state index contributed by atoms with van der Waals surface area (Å²) in [4.78, 5) is 12.6. The van der Waals surface area contributed by atoms with Gasteiger partial charge in [0.2, 0.25) is 0 Å². The van der Waals surface area contributed by atoms with Crippen LogP contribution in [0.3, 0.4) is 0 Å². The fraction of sp³-hybridized carbons (Fsp3) is 0.294. The van der Waals surface area contributed by atoms with E-state index in [9.17, 15) is 9.90 Å². The molecule has 1 unspecified atom stereocenters. The maximum absolute atomic E-state index is 11.8. The van der Waals surface area contributed by atoms with Crippen molar-refractivity contribution in [2.45, 2.75) is 26.5 Å². The molecule has 3 aromatic rings. The molecule has 3 rings (SSSR count). The van der Waals surface area contributed by atoms with Gasteiger partial charge < -0.3 is 14.3 Å². The smallest absolute Gasteiger partial charge is 0.437 e. The van der Waals surface area contributed by atoms with Gasteiger partial charge in [-0.05, 0) is 42.5 Å². The SMILES string of the molecule is Cc1ccc(C)c(OCC(O)Cn2nc(-c3cccs3)oc2=O)c1. The number of thiophene rings is 1. The quantitative estimate of drug-likeness (QED) is 0.742. The van der Waals surface area contributed by atoms with Gasteiger partial charge in [-0.2, -0.15) is 4.68 Å². The summed E-state index contributed by atoms with van der Waals surface area (Å²) in [5.74, 6) is 0.391. The molecule has 2 heterocycles. The van der Waals surface area contributed by atoms with Crippen LogP contribution in [-0.4, -0.2) is 27.6 Å². The van der Waals surface area contributed by atoms with E-state index in [4.69, 9.17) is 9.15 Å². The van der Waals surface area contributed by atoms with Gasteiger partial charge in [0.05, 0.1) is 11.4 Å². The summed E-state index contributed by atoms with van der Waals surface area (Å²) < 4.78 is 11.9. The minimum atomic E-state index is -0.871. The number of ether oxygens (including phenoxy) is 1. The van der Waals surface area contributed by atoms with E-state index >= 15 is 0 Å². The molecule has 0 aliphatic rings. The molecule has 0 aliphatic heterocycles. The van der Waals surface area contributed by atoms with Crippen LogP contribution >= 0.6 is 11.3 Å². The van der Waals surface area contributed by atoms with Crippen LogP contribution in [-0.2, 0) is 6.54 Å². The Bertz CT molecular complexity index is 867. The van der Waals surface area contributed by atoms with Crippen molar-refractivity contribution in [1.82, 2.24) is 9.78 Å². The molecule has 1 atom stereocenters. The third kappa shape index (κ3) is 3.74. The molecule has 0 bridgehead atoms. The molecule has 1 aromatic carbocycles. The molecule has 0 amide bonds. The summed E-state index contributed by atoms with van der Waals surface area (Å²) in [6, 6.07) is 9.55. The molecular formula is C17H18N2O4S. The number of rotatable bonds is 6. The van der Waals surface area contributed by atoms with Gasteiger partial charge in [0.1, 0.15) is 18.5 Å². The van der Waals surface area contributed by atoms with Crippen molar-refractivity contribution >= 4 is 11.3 Å². The van der Waals surface area contributed by atoms with Gasteiger partial charge in [0.15, 0.2) is 0 Å². The zero-order chi connectivity index (χ0) is 17.1. The van der Waals surface area contributed by atoms with E-state index in [1.165, 1.54) is 11.3 Å². The Morgan fingerprint density at radius 1 is 1.38 bits per heavy atom. The highest BCUT2D eigenvalue weighted by Crippen LogP contribution is 2.21.